The molecule has 2 aromatic rings. The van der Waals surface area contributed by atoms with Crippen molar-refractivity contribution >= 4 is 21.4 Å². The zero-order valence-corrected chi connectivity index (χ0v) is 10.9. The van der Waals surface area contributed by atoms with E-state index in [1.807, 2.05) is 0 Å². The predicted octanol–water partition coefficient (Wildman–Crippen LogP) is 2.10. The lowest BCUT2D eigenvalue weighted by Gasteiger charge is -2.07. The molecule has 0 spiro atoms. The molecule has 2 aromatic carbocycles. The van der Waals surface area contributed by atoms with Crippen LogP contribution < -0.4 is 4.72 Å². The van der Waals surface area contributed by atoms with Gasteiger partial charge in [0.05, 0.1) is 9.82 Å². The number of aromatic hydroxyl groups is 1. The van der Waals surface area contributed by atoms with Crippen LogP contribution in [-0.2, 0) is 10.0 Å². The summed E-state index contributed by atoms with van der Waals surface area (Å²) in [5, 5.41) is 19.6. The van der Waals surface area contributed by atoms with E-state index in [0.29, 0.717) is 0 Å². The van der Waals surface area contributed by atoms with E-state index in [1.54, 1.807) is 0 Å². The van der Waals surface area contributed by atoms with Crippen LogP contribution in [0.1, 0.15) is 0 Å². The molecule has 0 saturated heterocycles. The van der Waals surface area contributed by atoms with Crippen LogP contribution in [0.25, 0.3) is 0 Å². The first-order valence-corrected chi connectivity index (χ1v) is 6.93. The average Bonchev–Trinajstić information content (AvgIpc) is 2.41. The molecule has 0 aliphatic heterocycles. The average molecular weight is 294 g/mol. The summed E-state index contributed by atoms with van der Waals surface area (Å²) in [6.45, 7) is 0. The fraction of sp³-hybridized carbons (Fsp3) is 0. The standard InChI is InChI=1S/C12H10N2O5S/c15-11-5-1-9(2-6-11)13-20(18,19)12-7-3-10(4-8-12)14(16)17/h1-8,13,15H. The third-order valence-electron chi connectivity index (χ3n) is 2.48. The molecule has 8 heteroatoms. The summed E-state index contributed by atoms with van der Waals surface area (Å²) >= 11 is 0. The van der Waals surface area contributed by atoms with Crippen LogP contribution in [0.5, 0.6) is 5.75 Å². The lowest BCUT2D eigenvalue weighted by molar-refractivity contribution is -0.384. The Labute approximate surface area is 114 Å². The van der Waals surface area contributed by atoms with Gasteiger partial charge in [-0.3, -0.25) is 14.8 Å². The molecule has 0 fully saturated rings. The maximum Gasteiger partial charge on any atom is 0.269 e. The number of non-ortho nitro benzene ring substituents is 1. The number of phenolic OH excluding ortho intramolecular Hbond substituents is 1. The predicted molar refractivity (Wildman–Crippen MR) is 72.0 cm³/mol. The topological polar surface area (TPSA) is 110 Å². The van der Waals surface area contributed by atoms with Crippen molar-refractivity contribution in [1.29, 1.82) is 0 Å². The Morgan fingerprint density at radius 1 is 1.00 bits per heavy atom. The van der Waals surface area contributed by atoms with E-state index in [9.17, 15) is 18.5 Å². The van der Waals surface area contributed by atoms with Gasteiger partial charge >= 0.3 is 0 Å². The monoisotopic (exact) mass is 294 g/mol. The number of nitrogens with zero attached hydrogens (tertiary/aromatic N) is 1. The van der Waals surface area contributed by atoms with Crippen molar-refractivity contribution in [3.05, 3.63) is 58.6 Å². The minimum absolute atomic E-state index is 0.0169. The van der Waals surface area contributed by atoms with Crippen molar-refractivity contribution in [3.8, 4) is 5.75 Å². The quantitative estimate of drug-likeness (QED) is 0.510. The van der Waals surface area contributed by atoms with Gasteiger partial charge in [-0.1, -0.05) is 0 Å². The van der Waals surface area contributed by atoms with Gasteiger partial charge in [0, 0.05) is 17.8 Å². The number of sulfonamides is 1. The van der Waals surface area contributed by atoms with Crippen molar-refractivity contribution in [1.82, 2.24) is 0 Å². The number of benzene rings is 2. The number of hydrogen-bond acceptors (Lipinski definition) is 5. The van der Waals surface area contributed by atoms with Crippen molar-refractivity contribution < 1.29 is 18.4 Å². The molecule has 0 saturated carbocycles. The molecule has 20 heavy (non-hydrogen) atoms. The lowest BCUT2D eigenvalue weighted by Crippen LogP contribution is -2.12. The van der Waals surface area contributed by atoms with E-state index in [4.69, 9.17) is 5.11 Å². The third-order valence-corrected chi connectivity index (χ3v) is 3.87. The number of hydrogen-bond donors (Lipinski definition) is 2. The van der Waals surface area contributed by atoms with Gasteiger partial charge in [0.1, 0.15) is 5.75 Å². The number of nitro benzene ring substituents is 1. The molecule has 0 radical (unpaired) electrons. The zero-order chi connectivity index (χ0) is 14.8. The molecular weight excluding hydrogens is 284 g/mol. The van der Waals surface area contributed by atoms with E-state index < -0.39 is 14.9 Å². The molecule has 0 unspecified atom stereocenters. The molecule has 2 N–H and O–H groups in total. The van der Waals surface area contributed by atoms with Crippen molar-refractivity contribution in [2.75, 3.05) is 4.72 Å². The van der Waals surface area contributed by atoms with Gasteiger partial charge in [0.15, 0.2) is 0 Å². The number of nitrogens with one attached hydrogen (secondary N) is 1. The van der Waals surface area contributed by atoms with Crippen LogP contribution in [0.3, 0.4) is 0 Å². The summed E-state index contributed by atoms with van der Waals surface area (Å²) in [5.74, 6) is 0.0169. The summed E-state index contributed by atoms with van der Waals surface area (Å²) in [6.07, 6.45) is 0. The molecular formula is C12H10N2O5S. The minimum atomic E-state index is -3.82. The van der Waals surface area contributed by atoms with Crippen molar-refractivity contribution in [3.63, 3.8) is 0 Å². The third kappa shape index (κ3) is 3.04. The summed E-state index contributed by atoms with van der Waals surface area (Å²) in [4.78, 5) is 9.81. The van der Waals surface area contributed by atoms with Crippen LogP contribution in [0.2, 0.25) is 0 Å². The second-order valence-corrected chi connectivity index (χ2v) is 5.59. The van der Waals surface area contributed by atoms with Gasteiger partial charge < -0.3 is 5.11 Å². The van der Waals surface area contributed by atoms with Crippen LogP contribution >= 0.6 is 0 Å². The lowest BCUT2D eigenvalue weighted by atomic mass is 10.3. The molecule has 0 amide bonds. The molecule has 7 nitrogen and oxygen atoms in total. The summed E-state index contributed by atoms with van der Waals surface area (Å²) < 4.78 is 26.4. The fourth-order valence-electron chi connectivity index (χ4n) is 1.49. The van der Waals surface area contributed by atoms with Gasteiger partial charge in [-0.2, -0.15) is 0 Å². The molecule has 2 rings (SSSR count). The Morgan fingerprint density at radius 2 is 1.55 bits per heavy atom. The smallest absolute Gasteiger partial charge is 0.269 e. The molecule has 0 atom stereocenters. The first-order chi connectivity index (χ1) is 9.38. The van der Waals surface area contributed by atoms with Crippen LogP contribution in [0, 0.1) is 10.1 Å². The summed E-state index contributed by atoms with van der Waals surface area (Å²) in [6, 6.07) is 10.0. The molecule has 0 aliphatic rings. The number of anilines is 1. The Bertz CT molecular complexity index is 723. The second-order valence-electron chi connectivity index (χ2n) is 3.90. The highest BCUT2D eigenvalue weighted by Crippen LogP contribution is 2.20. The SMILES string of the molecule is O=[N+]([O-])c1ccc(S(=O)(=O)Nc2ccc(O)cc2)cc1. The van der Waals surface area contributed by atoms with E-state index in [-0.39, 0.29) is 22.0 Å². The first-order valence-electron chi connectivity index (χ1n) is 5.45. The first kappa shape index (κ1) is 13.8. The highest BCUT2D eigenvalue weighted by molar-refractivity contribution is 7.92. The van der Waals surface area contributed by atoms with Crippen molar-refractivity contribution in [2.45, 2.75) is 4.90 Å². The van der Waals surface area contributed by atoms with Crippen LogP contribution in [0.4, 0.5) is 11.4 Å². The van der Waals surface area contributed by atoms with E-state index in [0.717, 1.165) is 24.3 Å². The Balaban J connectivity index is 2.26. The highest BCUT2D eigenvalue weighted by Gasteiger charge is 2.15. The molecule has 0 aromatic heterocycles. The van der Waals surface area contributed by atoms with Gasteiger partial charge in [0.25, 0.3) is 15.7 Å². The zero-order valence-electron chi connectivity index (χ0n) is 10.1. The number of nitro groups is 1. The number of phenols is 1. The Hall–Kier alpha value is -2.61. The highest BCUT2D eigenvalue weighted by atomic mass is 32.2. The molecule has 104 valence electrons. The Kier molecular flexibility index (Phi) is 3.57. The summed E-state index contributed by atoms with van der Waals surface area (Å²) in [7, 11) is -3.82. The van der Waals surface area contributed by atoms with E-state index in [2.05, 4.69) is 4.72 Å². The van der Waals surface area contributed by atoms with E-state index >= 15 is 0 Å². The molecule has 0 aliphatic carbocycles. The van der Waals surface area contributed by atoms with Gasteiger partial charge in [0.2, 0.25) is 0 Å². The summed E-state index contributed by atoms with van der Waals surface area (Å²) in [5.41, 5.74) is 0.0923. The second kappa shape index (κ2) is 5.17. The number of rotatable bonds is 4. The molecule has 0 bridgehead atoms. The largest absolute Gasteiger partial charge is 0.508 e. The maximum absolute atomic E-state index is 12.0. The van der Waals surface area contributed by atoms with Gasteiger partial charge in [-0.25, -0.2) is 8.42 Å². The Morgan fingerprint density at radius 3 is 2.05 bits per heavy atom. The van der Waals surface area contributed by atoms with Crippen molar-refractivity contribution in [2.24, 2.45) is 0 Å². The van der Waals surface area contributed by atoms with Gasteiger partial charge in [-0.05, 0) is 36.4 Å². The van der Waals surface area contributed by atoms with Crippen LogP contribution in [0.15, 0.2) is 53.4 Å². The maximum atomic E-state index is 12.0. The minimum Gasteiger partial charge on any atom is -0.508 e. The van der Waals surface area contributed by atoms with E-state index in [1.165, 1.54) is 24.3 Å². The normalized spacial score (nSPS) is 11.0. The van der Waals surface area contributed by atoms with Crippen LogP contribution in [-0.4, -0.2) is 18.4 Å². The fourth-order valence-corrected chi connectivity index (χ4v) is 2.55. The van der Waals surface area contributed by atoms with Gasteiger partial charge in [-0.15, -0.1) is 0 Å². The molecule has 0 heterocycles.